The van der Waals surface area contributed by atoms with Gasteiger partial charge in [-0.15, -0.1) is 0 Å². The van der Waals surface area contributed by atoms with Crippen molar-refractivity contribution in [1.82, 2.24) is 9.97 Å². The van der Waals surface area contributed by atoms with E-state index in [2.05, 4.69) is 40.5 Å². The van der Waals surface area contributed by atoms with Gasteiger partial charge < -0.3 is 10.6 Å². The summed E-state index contributed by atoms with van der Waals surface area (Å²) in [5.74, 6) is 1.93. The number of anilines is 3. The van der Waals surface area contributed by atoms with Crippen molar-refractivity contribution in [3.63, 3.8) is 0 Å². The smallest absolute Gasteiger partial charge is 0.225 e. The van der Waals surface area contributed by atoms with Crippen LogP contribution in [0.2, 0.25) is 0 Å². The van der Waals surface area contributed by atoms with Crippen molar-refractivity contribution in [3.05, 3.63) is 66.2 Å². The number of nitrogens with one attached hydrogen (secondary N) is 2. The highest BCUT2D eigenvalue weighted by molar-refractivity contribution is 5.67. The average molecular weight is 357 g/mol. The van der Waals surface area contributed by atoms with Crippen LogP contribution >= 0.6 is 0 Å². The van der Waals surface area contributed by atoms with Gasteiger partial charge in [-0.1, -0.05) is 44.2 Å². The molecule has 0 bridgehead atoms. The molecule has 0 saturated heterocycles. The van der Waals surface area contributed by atoms with E-state index >= 15 is 0 Å². The minimum Gasteiger partial charge on any atom is -0.354 e. The van der Waals surface area contributed by atoms with Gasteiger partial charge in [0.1, 0.15) is 5.82 Å². The average Bonchev–Trinajstić information content (AvgIpc) is 2.69. The third-order valence-corrected chi connectivity index (χ3v) is 4.09. The SMILES string of the molecule is CC(C)CCNc1nc(Nc2ccc(C#N)cc2)cc(-c2ccccc2)n1. The number of rotatable bonds is 7. The first-order valence-corrected chi connectivity index (χ1v) is 9.09. The molecule has 0 radical (unpaired) electrons. The maximum absolute atomic E-state index is 8.94. The number of nitriles is 1. The molecule has 1 heterocycles. The topological polar surface area (TPSA) is 73.6 Å². The van der Waals surface area contributed by atoms with Gasteiger partial charge in [0.25, 0.3) is 0 Å². The Balaban J connectivity index is 1.87. The van der Waals surface area contributed by atoms with Gasteiger partial charge in [-0.3, -0.25) is 0 Å². The third-order valence-electron chi connectivity index (χ3n) is 4.09. The second-order valence-electron chi connectivity index (χ2n) is 6.75. The molecular weight excluding hydrogens is 334 g/mol. The van der Waals surface area contributed by atoms with E-state index in [4.69, 9.17) is 5.26 Å². The fourth-order valence-electron chi connectivity index (χ4n) is 2.60. The highest BCUT2D eigenvalue weighted by Crippen LogP contribution is 2.24. The summed E-state index contributed by atoms with van der Waals surface area (Å²) in [7, 11) is 0. The lowest BCUT2D eigenvalue weighted by atomic mass is 10.1. The normalized spacial score (nSPS) is 10.4. The number of hydrogen-bond acceptors (Lipinski definition) is 5. The van der Waals surface area contributed by atoms with Gasteiger partial charge in [0.2, 0.25) is 5.95 Å². The second kappa shape index (κ2) is 8.81. The van der Waals surface area contributed by atoms with Gasteiger partial charge in [-0.05, 0) is 36.6 Å². The Labute approximate surface area is 160 Å². The Bertz CT molecular complexity index is 912. The third kappa shape index (κ3) is 5.29. The fourth-order valence-corrected chi connectivity index (χ4v) is 2.60. The van der Waals surface area contributed by atoms with E-state index in [1.807, 2.05) is 48.5 Å². The van der Waals surface area contributed by atoms with Crippen LogP contribution in [0.15, 0.2) is 60.7 Å². The first kappa shape index (κ1) is 18.4. The van der Waals surface area contributed by atoms with E-state index in [9.17, 15) is 0 Å². The van der Waals surface area contributed by atoms with Crippen LogP contribution in [-0.4, -0.2) is 16.5 Å². The van der Waals surface area contributed by atoms with E-state index in [1.165, 1.54) is 0 Å². The summed E-state index contributed by atoms with van der Waals surface area (Å²) >= 11 is 0. The van der Waals surface area contributed by atoms with Crippen molar-refractivity contribution in [1.29, 1.82) is 5.26 Å². The van der Waals surface area contributed by atoms with Crippen molar-refractivity contribution in [3.8, 4) is 17.3 Å². The van der Waals surface area contributed by atoms with Crippen molar-refractivity contribution >= 4 is 17.5 Å². The first-order valence-electron chi connectivity index (χ1n) is 9.09. The summed E-state index contributed by atoms with van der Waals surface area (Å²) in [6, 6.07) is 21.4. The molecule has 2 N–H and O–H groups in total. The molecule has 1 aromatic heterocycles. The Hall–Kier alpha value is -3.39. The summed E-state index contributed by atoms with van der Waals surface area (Å²) in [4.78, 5) is 9.26. The molecule has 3 aromatic rings. The Morgan fingerprint density at radius 3 is 2.41 bits per heavy atom. The van der Waals surface area contributed by atoms with Crippen molar-refractivity contribution in [2.24, 2.45) is 5.92 Å². The molecule has 0 spiro atoms. The van der Waals surface area contributed by atoms with E-state index in [0.717, 1.165) is 29.9 Å². The van der Waals surface area contributed by atoms with Crippen molar-refractivity contribution < 1.29 is 0 Å². The van der Waals surface area contributed by atoms with Crippen LogP contribution in [0.5, 0.6) is 0 Å². The predicted octanol–water partition coefficient (Wildman–Crippen LogP) is 5.22. The maximum Gasteiger partial charge on any atom is 0.225 e. The van der Waals surface area contributed by atoms with Gasteiger partial charge in [-0.2, -0.15) is 10.2 Å². The number of hydrogen-bond donors (Lipinski definition) is 2. The number of nitrogens with zero attached hydrogens (tertiary/aromatic N) is 3. The molecule has 2 aromatic carbocycles. The monoisotopic (exact) mass is 357 g/mol. The van der Waals surface area contributed by atoms with Crippen molar-refractivity contribution in [2.75, 3.05) is 17.2 Å². The lowest BCUT2D eigenvalue weighted by molar-refractivity contribution is 0.606. The zero-order valence-corrected chi connectivity index (χ0v) is 15.6. The highest BCUT2D eigenvalue weighted by Gasteiger charge is 2.07. The summed E-state index contributed by atoms with van der Waals surface area (Å²) < 4.78 is 0. The number of benzene rings is 2. The van der Waals surface area contributed by atoms with E-state index in [1.54, 1.807) is 12.1 Å². The molecule has 5 heteroatoms. The molecule has 0 fully saturated rings. The molecule has 3 rings (SSSR count). The quantitative estimate of drug-likeness (QED) is 0.607. The summed E-state index contributed by atoms with van der Waals surface area (Å²) in [6.45, 7) is 5.22. The number of aromatic nitrogens is 2. The highest BCUT2D eigenvalue weighted by atomic mass is 15.1. The summed E-state index contributed by atoms with van der Waals surface area (Å²) in [5, 5.41) is 15.6. The van der Waals surface area contributed by atoms with Crippen LogP contribution in [0.4, 0.5) is 17.5 Å². The lowest BCUT2D eigenvalue weighted by Crippen LogP contribution is -2.09. The van der Waals surface area contributed by atoms with Crippen LogP contribution in [0.3, 0.4) is 0 Å². The second-order valence-corrected chi connectivity index (χ2v) is 6.75. The van der Waals surface area contributed by atoms with Crippen LogP contribution in [0.25, 0.3) is 11.3 Å². The largest absolute Gasteiger partial charge is 0.354 e. The van der Waals surface area contributed by atoms with Crippen LogP contribution in [0.1, 0.15) is 25.8 Å². The maximum atomic E-state index is 8.94. The van der Waals surface area contributed by atoms with Gasteiger partial charge in [0.05, 0.1) is 17.3 Å². The fraction of sp³-hybridized carbons (Fsp3) is 0.227. The Morgan fingerprint density at radius 2 is 1.74 bits per heavy atom. The molecular formula is C22H23N5. The van der Waals surface area contributed by atoms with Crippen LogP contribution in [0, 0.1) is 17.2 Å². The molecule has 5 nitrogen and oxygen atoms in total. The van der Waals surface area contributed by atoms with E-state index in [-0.39, 0.29) is 0 Å². The molecule has 0 aliphatic rings. The zero-order valence-electron chi connectivity index (χ0n) is 15.6. The van der Waals surface area contributed by atoms with E-state index in [0.29, 0.717) is 23.2 Å². The van der Waals surface area contributed by atoms with Gasteiger partial charge in [0.15, 0.2) is 0 Å². The molecule has 0 saturated carbocycles. The van der Waals surface area contributed by atoms with Gasteiger partial charge in [-0.25, -0.2) is 4.98 Å². The molecule has 0 amide bonds. The van der Waals surface area contributed by atoms with Gasteiger partial charge >= 0.3 is 0 Å². The summed E-state index contributed by atoms with van der Waals surface area (Å²) in [6.07, 6.45) is 1.05. The molecule has 27 heavy (non-hydrogen) atoms. The minimum absolute atomic E-state index is 0.605. The molecule has 0 aliphatic heterocycles. The Morgan fingerprint density at radius 1 is 1.00 bits per heavy atom. The Kier molecular flexibility index (Phi) is 6.01. The van der Waals surface area contributed by atoms with Crippen LogP contribution in [-0.2, 0) is 0 Å². The zero-order chi connectivity index (χ0) is 19.1. The minimum atomic E-state index is 0.605. The van der Waals surface area contributed by atoms with E-state index < -0.39 is 0 Å². The lowest BCUT2D eigenvalue weighted by Gasteiger charge is -2.12. The predicted molar refractivity (Wildman–Crippen MR) is 110 cm³/mol. The molecule has 136 valence electrons. The van der Waals surface area contributed by atoms with Crippen LogP contribution < -0.4 is 10.6 Å². The standard InChI is InChI=1S/C22H23N5/c1-16(2)12-13-24-22-26-20(18-6-4-3-5-7-18)14-21(27-22)25-19-10-8-17(15-23)9-11-19/h3-11,14,16H,12-13H2,1-2H3,(H2,24,25,26,27). The summed E-state index contributed by atoms with van der Waals surface area (Å²) in [5.41, 5.74) is 3.40. The van der Waals surface area contributed by atoms with Crippen molar-refractivity contribution in [2.45, 2.75) is 20.3 Å². The molecule has 0 atom stereocenters. The molecule has 0 unspecified atom stereocenters. The molecule has 0 aliphatic carbocycles. The van der Waals surface area contributed by atoms with Gasteiger partial charge in [0, 0.05) is 23.9 Å². The first-order chi connectivity index (χ1) is 13.1.